The highest BCUT2D eigenvalue weighted by atomic mass is 127. The Morgan fingerprint density at radius 1 is 1.10 bits per heavy atom. The first-order valence-electron chi connectivity index (χ1n) is 8.42. The molecule has 0 saturated carbocycles. The van der Waals surface area contributed by atoms with Gasteiger partial charge in [-0.25, -0.2) is 9.61 Å². The summed E-state index contributed by atoms with van der Waals surface area (Å²) in [6, 6.07) is 11.1. The lowest BCUT2D eigenvalue weighted by atomic mass is 10.2. The van der Waals surface area contributed by atoms with E-state index in [0.29, 0.717) is 28.6 Å². The molecule has 30 heavy (non-hydrogen) atoms. The van der Waals surface area contributed by atoms with Crippen LogP contribution in [0.4, 0.5) is 17.3 Å². The molecule has 2 aromatic carbocycles. The van der Waals surface area contributed by atoms with E-state index in [1.807, 2.05) is 36.4 Å². The number of aromatic nitrogens is 4. The molecule has 2 aromatic heterocycles. The van der Waals surface area contributed by atoms with E-state index in [1.165, 1.54) is 6.21 Å². The van der Waals surface area contributed by atoms with Gasteiger partial charge in [-0.05, 0) is 79.8 Å². The number of aromatic hydroxyl groups is 1. The van der Waals surface area contributed by atoms with Gasteiger partial charge in [0, 0.05) is 9.13 Å². The zero-order chi connectivity index (χ0) is 21.1. The molecule has 3 N–H and O–H groups in total. The Kier molecular flexibility index (Phi) is 6.12. The molecule has 0 amide bonds. The number of hydrazone groups is 1. The lowest BCUT2D eigenvalue weighted by Gasteiger charge is -2.12. The minimum absolute atomic E-state index is 0.149. The standard InChI is InChI=1S/C18H13I2N7O3/c1-29-13-5-3-2-4-12(13)22-15-16(24-18-17(23-15)26-30-27-18)25-21-8-9-6-10(19)7-11(20)14(9)28/h2-8,28H,1H3,(H,22,23,26)(H,24,25,27)/b21-8-. The first kappa shape index (κ1) is 20.5. The van der Waals surface area contributed by atoms with Crippen LogP contribution in [0.25, 0.3) is 11.3 Å². The molecule has 0 unspecified atom stereocenters. The molecule has 0 fully saturated rings. The largest absolute Gasteiger partial charge is 0.506 e. The van der Waals surface area contributed by atoms with Crippen molar-refractivity contribution in [3.05, 3.63) is 49.1 Å². The third kappa shape index (κ3) is 4.38. The van der Waals surface area contributed by atoms with E-state index in [9.17, 15) is 5.11 Å². The van der Waals surface area contributed by atoms with Crippen molar-refractivity contribution < 1.29 is 14.5 Å². The summed E-state index contributed by atoms with van der Waals surface area (Å²) in [7, 11) is 1.58. The Balaban J connectivity index is 1.67. The van der Waals surface area contributed by atoms with E-state index in [1.54, 1.807) is 7.11 Å². The maximum absolute atomic E-state index is 10.2. The van der Waals surface area contributed by atoms with E-state index in [2.05, 4.69) is 81.3 Å². The van der Waals surface area contributed by atoms with Gasteiger partial charge in [-0.15, -0.1) is 0 Å². The molecule has 152 valence electrons. The summed E-state index contributed by atoms with van der Waals surface area (Å²) >= 11 is 4.24. The van der Waals surface area contributed by atoms with Crippen LogP contribution >= 0.6 is 45.2 Å². The van der Waals surface area contributed by atoms with Crippen molar-refractivity contribution in [3.8, 4) is 11.5 Å². The van der Waals surface area contributed by atoms with E-state index < -0.39 is 0 Å². The lowest BCUT2D eigenvalue weighted by molar-refractivity contribution is 0.314. The fourth-order valence-corrected chi connectivity index (χ4v) is 4.42. The number of ether oxygens (including phenoxy) is 1. The van der Waals surface area contributed by atoms with Crippen molar-refractivity contribution in [2.24, 2.45) is 5.10 Å². The van der Waals surface area contributed by atoms with Crippen LogP contribution < -0.4 is 15.5 Å². The molecule has 0 aliphatic heterocycles. The number of hydrogen-bond donors (Lipinski definition) is 3. The van der Waals surface area contributed by atoms with Crippen molar-refractivity contribution in [2.45, 2.75) is 0 Å². The zero-order valence-electron chi connectivity index (χ0n) is 15.3. The van der Waals surface area contributed by atoms with Gasteiger partial charge in [-0.2, -0.15) is 10.1 Å². The van der Waals surface area contributed by atoms with Gasteiger partial charge in [0.25, 0.3) is 0 Å². The zero-order valence-corrected chi connectivity index (χ0v) is 19.6. The molecule has 0 aliphatic carbocycles. The van der Waals surface area contributed by atoms with Crippen LogP contribution in [0.5, 0.6) is 11.5 Å². The third-order valence-corrected chi connectivity index (χ3v) is 5.35. The third-order valence-electron chi connectivity index (χ3n) is 3.91. The van der Waals surface area contributed by atoms with E-state index in [0.717, 1.165) is 7.14 Å². The molecule has 12 heteroatoms. The van der Waals surface area contributed by atoms with Crippen molar-refractivity contribution in [2.75, 3.05) is 17.9 Å². The van der Waals surface area contributed by atoms with Crippen LogP contribution in [-0.2, 0) is 0 Å². The van der Waals surface area contributed by atoms with Gasteiger partial charge < -0.3 is 15.2 Å². The number of phenols is 1. The van der Waals surface area contributed by atoms with E-state index >= 15 is 0 Å². The fraction of sp³-hybridized carbons (Fsp3) is 0.0556. The number of para-hydroxylation sites is 2. The summed E-state index contributed by atoms with van der Waals surface area (Å²) in [6.07, 6.45) is 1.50. The smallest absolute Gasteiger partial charge is 0.245 e. The number of benzene rings is 2. The van der Waals surface area contributed by atoms with Gasteiger partial charge in [0.05, 0.1) is 22.6 Å². The van der Waals surface area contributed by atoms with Crippen LogP contribution in [0, 0.1) is 7.14 Å². The molecule has 4 aromatic rings. The summed E-state index contributed by atoms with van der Waals surface area (Å²) in [4.78, 5) is 8.74. The number of fused-ring (bicyclic) bond motifs is 1. The SMILES string of the molecule is COc1ccccc1Nc1nc2nonc2nc1N/N=C\c1cc(I)cc(I)c1O. The maximum Gasteiger partial charge on any atom is 0.245 e. The van der Waals surface area contributed by atoms with Crippen molar-refractivity contribution in [3.63, 3.8) is 0 Å². The molecular formula is C18H13I2N7O3. The second-order valence-corrected chi connectivity index (χ2v) is 8.26. The van der Waals surface area contributed by atoms with E-state index in [-0.39, 0.29) is 17.0 Å². The Morgan fingerprint density at radius 3 is 2.60 bits per heavy atom. The predicted octanol–water partition coefficient (Wildman–Crippen LogP) is 4.13. The normalized spacial score (nSPS) is 11.2. The van der Waals surface area contributed by atoms with Crippen LogP contribution in [0.2, 0.25) is 0 Å². The van der Waals surface area contributed by atoms with Gasteiger partial charge in [-0.1, -0.05) is 12.1 Å². The quantitative estimate of drug-likeness (QED) is 0.164. The second-order valence-electron chi connectivity index (χ2n) is 5.85. The number of hydrogen-bond acceptors (Lipinski definition) is 10. The van der Waals surface area contributed by atoms with Crippen molar-refractivity contribution in [1.29, 1.82) is 0 Å². The molecule has 0 bridgehead atoms. The molecule has 0 atom stereocenters. The first-order valence-corrected chi connectivity index (χ1v) is 10.6. The number of phenolic OH excluding ortho intramolecular Hbond substituents is 1. The van der Waals surface area contributed by atoms with Gasteiger partial charge >= 0.3 is 0 Å². The summed E-state index contributed by atoms with van der Waals surface area (Å²) in [5.74, 6) is 1.42. The Morgan fingerprint density at radius 2 is 1.83 bits per heavy atom. The summed E-state index contributed by atoms with van der Waals surface area (Å²) in [6.45, 7) is 0. The van der Waals surface area contributed by atoms with Gasteiger partial charge in [0.2, 0.25) is 11.3 Å². The van der Waals surface area contributed by atoms with Gasteiger partial charge in [0.1, 0.15) is 11.5 Å². The van der Waals surface area contributed by atoms with Crippen LogP contribution in [0.3, 0.4) is 0 Å². The Bertz CT molecular complexity index is 1250. The second kappa shape index (κ2) is 8.95. The first-order chi connectivity index (χ1) is 14.5. The van der Waals surface area contributed by atoms with Crippen LogP contribution in [-0.4, -0.2) is 38.7 Å². The average molecular weight is 629 g/mol. The maximum atomic E-state index is 10.2. The molecule has 0 saturated heterocycles. The van der Waals surface area contributed by atoms with Crippen LogP contribution in [0.15, 0.2) is 46.1 Å². The van der Waals surface area contributed by atoms with Crippen LogP contribution in [0.1, 0.15) is 5.56 Å². The number of rotatable bonds is 6. The topological polar surface area (TPSA) is 131 Å². The van der Waals surface area contributed by atoms with Gasteiger partial charge in [0.15, 0.2) is 11.6 Å². The number of nitrogens with zero attached hydrogens (tertiary/aromatic N) is 5. The molecule has 4 rings (SSSR count). The average Bonchev–Trinajstić information content (AvgIpc) is 3.19. The summed E-state index contributed by atoms with van der Waals surface area (Å²) < 4.78 is 11.8. The lowest BCUT2D eigenvalue weighted by Crippen LogP contribution is -2.04. The Labute approximate surface area is 197 Å². The Hall–Kier alpha value is -2.75. The summed E-state index contributed by atoms with van der Waals surface area (Å²) in [5, 5.41) is 25.0. The summed E-state index contributed by atoms with van der Waals surface area (Å²) in [5.41, 5.74) is 4.55. The van der Waals surface area contributed by atoms with Crippen molar-refractivity contribution >= 4 is 80.0 Å². The molecule has 0 aliphatic rings. The predicted molar refractivity (Wildman–Crippen MR) is 128 cm³/mol. The molecular weight excluding hydrogens is 616 g/mol. The number of halogens is 2. The highest BCUT2D eigenvalue weighted by molar-refractivity contribution is 14.1. The molecule has 10 nitrogen and oxygen atoms in total. The monoisotopic (exact) mass is 629 g/mol. The van der Waals surface area contributed by atoms with E-state index in [4.69, 9.17) is 9.37 Å². The minimum Gasteiger partial charge on any atom is -0.506 e. The molecule has 0 radical (unpaired) electrons. The number of anilines is 3. The minimum atomic E-state index is 0.149. The highest BCUT2D eigenvalue weighted by Gasteiger charge is 2.14. The molecule has 0 spiro atoms. The molecule has 2 heterocycles. The highest BCUT2D eigenvalue weighted by Crippen LogP contribution is 2.30. The van der Waals surface area contributed by atoms with Gasteiger partial charge in [-0.3, -0.25) is 5.43 Å². The fourth-order valence-electron chi connectivity index (χ4n) is 2.53. The number of nitrogens with one attached hydrogen (secondary N) is 2. The van der Waals surface area contributed by atoms with Crippen molar-refractivity contribution in [1.82, 2.24) is 20.3 Å². The number of methoxy groups -OCH3 is 1.